The summed E-state index contributed by atoms with van der Waals surface area (Å²) in [4.78, 5) is 15.7. The predicted molar refractivity (Wildman–Crippen MR) is 82.8 cm³/mol. The number of nitrogens with zero attached hydrogens (tertiary/aromatic N) is 1. The monoisotopic (exact) mass is 292 g/mol. The number of hydrogen-bond acceptors (Lipinski definition) is 3. The van der Waals surface area contributed by atoms with Crippen LogP contribution in [0.1, 0.15) is 49.9 Å². The van der Waals surface area contributed by atoms with Crippen molar-refractivity contribution in [1.29, 1.82) is 0 Å². The quantitative estimate of drug-likeness (QED) is 0.924. The highest BCUT2D eigenvalue weighted by molar-refractivity contribution is 7.10. The van der Waals surface area contributed by atoms with Crippen LogP contribution in [0.5, 0.6) is 0 Å². The average Bonchev–Trinajstić information content (AvgIpc) is 3.07. The number of rotatable bonds is 4. The number of fused-ring (bicyclic) bond motifs is 2. The number of hydrogen-bond donors (Lipinski definition) is 1. The average molecular weight is 292 g/mol. The standard InChI is InChI=1S/C16H24N2OS/c1-11(15-4-3-7-20-15)18(2)16(19)10-12-8-13-5-6-14(9-12)17-13/h3-4,7,11-14,17H,5-6,8-10H2,1-2H3. The second-order valence-corrected chi connectivity index (χ2v) is 7.35. The molecule has 2 fully saturated rings. The van der Waals surface area contributed by atoms with Gasteiger partial charge in [-0.1, -0.05) is 6.07 Å². The van der Waals surface area contributed by atoms with Crippen molar-refractivity contribution < 1.29 is 4.79 Å². The van der Waals surface area contributed by atoms with Crippen LogP contribution in [0.15, 0.2) is 17.5 Å². The third-order valence-electron chi connectivity index (χ3n) is 4.96. The van der Waals surface area contributed by atoms with Gasteiger partial charge in [-0.05, 0) is 50.0 Å². The number of carbonyl (C=O) groups is 1. The van der Waals surface area contributed by atoms with Crippen molar-refractivity contribution in [3.05, 3.63) is 22.4 Å². The number of piperidine rings is 1. The van der Waals surface area contributed by atoms with Crippen LogP contribution < -0.4 is 5.32 Å². The van der Waals surface area contributed by atoms with E-state index in [1.54, 1.807) is 11.3 Å². The molecule has 1 amide bonds. The first-order valence-corrected chi connectivity index (χ1v) is 8.56. The zero-order valence-corrected chi connectivity index (χ0v) is 13.2. The zero-order chi connectivity index (χ0) is 14.1. The van der Waals surface area contributed by atoms with Crippen LogP contribution in [-0.4, -0.2) is 29.9 Å². The van der Waals surface area contributed by atoms with Crippen LogP contribution in [0, 0.1) is 5.92 Å². The Morgan fingerprint density at radius 1 is 1.45 bits per heavy atom. The van der Waals surface area contributed by atoms with E-state index in [2.05, 4.69) is 29.8 Å². The van der Waals surface area contributed by atoms with Crippen LogP contribution in [0.4, 0.5) is 0 Å². The van der Waals surface area contributed by atoms with Gasteiger partial charge in [0.2, 0.25) is 5.91 Å². The normalized spacial score (nSPS) is 30.2. The van der Waals surface area contributed by atoms with E-state index in [0.29, 0.717) is 23.9 Å². The molecule has 3 heterocycles. The van der Waals surface area contributed by atoms with E-state index in [1.165, 1.54) is 30.6 Å². The Balaban J connectivity index is 1.56. The summed E-state index contributed by atoms with van der Waals surface area (Å²) in [6.07, 6.45) is 5.70. The van der Waals surface area contributed by atoms with Gasteiger partial charge in [0, 0.05) is 30.4 Å². The Morgan fingerprint density at radius 2 is 2.15 bits per heavy atom. The highest BCUT2D eigenvalue weighted by Crippen LogP contribution is 2.33. The molecule has 1 aromatic rings. The van der Waals surface area contributed by atoms with Crippen molar-refractivity contribution in [1.82, 2.24) is 10.2 Å². The van der Waals surface area contributed by atoms with Crippen LogP contribution in [0.3, 0.4) is 0 Å². The molecule has 0 saturated carbocycles. The molecule has 3 rings (SSSR count). The van der Waals surface area contributed by atoms with E-state index in [0.717, 1.165) is 6.42 Å². The molecule has 2 bridgehead atoms. The molecule has 0 aliphatic carbocycles. The second-order valence-electron chi connectivity index (χ2n) is 6.38. The van der Waals surface area contributed by atoms with Gasteiger partial charge in [-0.2, -0.15) is 0 Å². The van der Waals surface area contributed by atoms with Gasteiger partial charge in [-0.25, -0.2) is 0 Å². The molecule has 3 nitrogen and oxygen atoms in total. The zero-order valence-electron chi connectivity index (χ0n) is 12.3. The molecule has 20 heavy (non-hydrogen) atoms. The molecule has 1 N–H and O–H groups in total. The summed E-state index contributed by atoms with van der Waals surface area (Å²) in [5, 5.41) is 5.72. The molecule has 110 valence electrons. The fourth-order valence-corrected chi connectivity index (χ4v) is 4.50. The number of carbonyl (C=O) groups excluding carboxylic acids is 1. The minimum absolute atomic E-state index is 0.195. The summed E-state index contributed by atoms with van der Waals surface area (Å²) in [6, 6.07) is 5.71. The smallest absolute Gasteiger partial charge is 0.223 e. The molecule has 3 atom stereocenters. The van der Waals surface area contributed by atoms with Crippen molar-refractivity contribution in [2.75, 3.05) is 7.05 Å². The van der Waals surface area contributed by atoms with Gasteiger partial charge >= 0.3 is 0 Å². The van der Waals surface area contributed by atoms with E-state index in [-0.39, 0.29) is 6.04 Å². The Morgan fingerprint density at radius 3 is 2.75 bits per heavy atom. The topological polar surface area (TPSA) is 32.3 Å². The molecule has 3 unspecified atom stereocenters. The molecule has 2 saturated heterocycles. The molecule has 4 heteroatoms. The molecular formula is C16H24N2OS. The van der Waals surface area contributed by atoms with Crippen LogP contribution in [0.2, 0.25) is 0 Å². The lowest BCUT2D eigenvalue weighted by Crippen LogP contribution is -2.40. The van der Waals surface area contributed by atoms with Crippen molar-refractivity contribution in [2.45, 2.75) is 57.2 Å². The van der Waals surface area contributed by atoms with Gasteiger partial charge < -0.3 is 10.2 Å². The van der Waals surface area contributed by atoms with Gasteiger partial charge in [0.15, 0.2) is 0 Å². The molecule has 1 aromatic heterocycles. The van der Waals surface area contributed by atoms with Gasteiger partial charge in [0.05, 0.1) is 6.04 Å². The van der Waals surface area contributed by atoms with E-state index >= 15 is 0 Å². The Labute approximate surface area is 125 Å². The maximum atomic E-state index is 12.5. The van der Waals surface area contributed by atoms with Crippen molar-refractivity contribution in [2.24, 2.45) is 5.92 Å². The van der Waals surface area contributed by atoms with E-state index < -0.39 is 0 Å². The molecule has 0 aromatic carbocycles. The third kappa shape index (κ3) is 2.91. The first-order valence-electron chi connectivity index (χ1n) is 7.68. The molecule has 2 aliphatic heterocycles. The maximum Gasteiger partial charge on any atom is 0.223 e. The van der Waals surface area contributed by atoms with E-state index in [1.807, 2.05) is 11.9 Å². The number of amides is 1. The molecule has 0 radical (unpaired) electrons. The summed E-state index contributed by atoms with van der Waals surface area (Å²) in [6.45, 7) is 2.12. The predicted octanol–water partition coefficient (Wildman–Crippen LogP) is 3.19. The SMILES string of the molecule is CC(c1cccs1)N(C)C(=O)CC1CC2CCC(C1)N2. The summed E-state index contributed by atoms with van der Waals surface area (Å²) >= 11 is 1.73. The highest BCUT2D eigenvalue weighted by atomic mass is 32.1. The highest BCUT2D eigenvalue weighted by Gasteiger charge is 2.34. The van der Waals surface area contributed by atoms with Crippen LogP contribution in [-0.2, 0) is 4.79 Å². The van der Waals surface area contributed by atoms with Crippen molar-refractivity contribution in [3.63, 3.8) is 0 Å². The van der Waals surface area contributed by atoms with Crippen molar-refractivity contribution >= 4 is 17.2 Å². The molecule has 2 aliphatic rings. The minimum Gasteiger partial charge on any atom is -0.338 e. The van der Waals surface area contributed by atoms with Crippen LogP contribution in [0.25, 0.3) is 0 Å². The lowest BCUT2D eigenvalue weighted by molar-refractivity contribution is -0.133. The number of thiophene rings is 1. The fraction of sp³-hybridized carbons (Fsp3) is 0.688. The van der Waals surface area contributed by atoms with Gasteiger partial charge in [-0.3, -0.25) is 4.79 Å². The fourth-order valence-electron chi connectivity index (χ4n) is 3.67. The molecule has 0 spiro atoms. The lowest BCUT2D eigenvalue weighted by atomic mass is 9.89. The Hall–Kier alpha value is -0.870. The van der Waals surface area contributed by atoms with Gasteiger partial charge in [-0.15, -0.1) is 11.3 Å². The van der Waals surface area contributed by atoms with E-state index in [9.17, 15) is 4.79 Å². The van der Waals surface area contributed by atoms with Crippen molar-refractivity contribution in [3.8, 4) is 0 Å². The third-order valence-corrected chi connectivity index (χ3v) is 6.01. The summed E-state index contributed by atoms with van der Waals surface area (Å²) < 4.78 is 0. The van der Waals surface area contributed by atoms with Gasteiger partial charge in [0.1, 0.15) is 0 Å². The minimum atomic E-state index is 0.195. The maximum absolute atomic E-state index is 12.5. The second kappa shape index (κ2) is 5.86. The van der Waals surface area contributed by atoms with Crippen LogP contribution >= 0.6 is 11.3 Å². The number of nitrogens with one attached hydrogen (secondary N) is 1. The van der Waals surface area contributed by atoms with Gasteiger partial charge in [0.25, 0.3) is 0 Å². The first-order chi connectivity index (χ1) is 9.63. The Kier molecular flexibility index (Phi) is 4.13. The van der Waals surface area contributed by atoms with E-state index in [4.69, 9.17) is 0 Å². The largest absolute Gasteiger partial charge is 0.338 e. The Bertz CT molecular complexity index is 447. The lowest BCUT2D eigenvalue weighted by Gasteiger charge is -2.31. The summed E-state index contributed by atoms with van der Waals surface area (Å²) in [5.41, 5.74) is 0. The summed E-state index contributed by atoms with van der Waals surface area (Å²) in [5.74, 6) is 0.886. The molecular weight excluding hydrogens is 268 g/mol. The summed E-state index contributed by atoms with van der Waals surface area (Å²) in [7, 11) is 1.95. The first kappa shape index (κ1) is 14.1.